The topological polar surface area (TPSA) is 83.7 Å². The number of halogens is 1. The average molecular weight is 334 g/mol. The molecule has 0 aliphatic heterocycles. The maximum atomic E-state index is 12.6. The zero-order valence-corrected chi connectivity index (χ0v) is 13.9. The molecule has 1 aromatic rings. The quantitative estimate of drug-likeness (QED) is 0.798. The Balaban J connectivity index is 3.18. The van der Waals surface area contributed by atoms with Crippen LogP contribution in [0.5, 0.6) is 0 Å². The number of hydrogen-bond acceptors (Lipinski definition) is 4. The van der Waals surface area contributed by atoms with Crippen molar-refractivity contribution in [2.45, 2.75) is 18.2 Å². The van der Waals surface area contributed by atoms with Crippen molar-refractivity contribution in [2.24, 2.45) is 0 Å². The molecule has 0 saturated heterocycles. The summed E-state index contributed by atoms with van der Waals surface area (Å²) >= 11 is 5.78. The summed E-state index contributed by atoms with van der Waals surface area (Å²) in [5.41, 5.74) is 5.82. The molecule has 0 spiro atoms. The van der Waals surface area contributed by atoms with Gasteiger partial charge >= 0.3 is 0 Å². The number of anilines is 1. The van der Waals surface area contributed by atoms with E-state index in [1.165, 1.54) is 23.1 Å². The van der Waals surface area contributed by atoms with Gasteiger partial charge in [0.2, 0.25) is 15.9 Å². The van der Waals surface area contributed by atoms with E-state index in [0.29, 0.717) is 11.4 Å². The lowest BCUT2D eigenvalue weighted by Gasteiger charge is -2.23. The van der Waals surface area contributed by atoms with Crippen LogP contribution in [0, 0.1) is 0 Å². The van der Waals surface area contributed by atoms with Gasteiger partial charge in [-0.2, -0.15) is 4.31 Å². The molecule has 0 aromatic heterocycles. The van der Waals surface area contributed by atoms with Crippen molar-refractivity contribution in [3.63, 3.8) is 0 Å². The Morgan fingerprint density at radius 2 is 1.95 bits per heavy atom. The molecule has 21 heavy (non-hydrogen) atoms. The molecule has 0 saturated carbocycles. The minimum absolute atomic E-state index is 0.0353. The van der Waals surface area contributed by atoms with Gasteiger partial charge in [0.25, 0.3) is 0 Å². The van der Waals surface area contributed by atoms with Gasteiger partial charge in [-0.25, -0.2) is 8.42 Å². The maximum Gasteiger partial charge on any atom is 0.245 e. The van der Waals surface area contributed by atoms with Crippen LogP contribution in [-0.4, -0.2) is 50.7 Å². The Morgan fingerprint density at radius 3 is 2.43 bits per heavy atom. The molecule has 0 aliphatic rings. The van der Waals surface area contributed by atoms with Crippen LogP contribution in [-0.2, 0) is 14.8 Å². The highest BCUT2D eigenvalue weighted by atomic mass is 35.5. The first kappa shape index (κ1) is 17.7. The Hall–Kier alpha value is -1.31. The first-order valence-electron chi connectivity index (χ1n) is 6.45. The summed E-state index contributed by atoms with van der Waals surface area (Å²) < 4.78 is 26.4. The van der Waals surface area contributed by atoms with E-state index in [1.807, 2.05) is 6.92 Å². The van der Waals surface area contributed by atoms with Gasteiger partial charge in [-0.3, -0.25) is 4.79 Å². The van der Waals surface area contributed by atoms with E-state index in [0.717, 1.165) is 4.31 Å². The number of hydrogen-bond donors (Lipinski definition) is 1. The van der Waals surface area contributed by atoms with Crippen molar-refractivity contribution in [1.82, 2.24) is 9.21 Å². The highest BCUT2D eigenvalue weighted by Crippen LogP contribution is 2.25. The van der Waals surface area contributed by atoms with Crippen molar-refractivity contribution in [1.29, 1.82) is 0 Å². The third-order valence-corrected chi connectivity index (χ3v) is 5.03. The van der Waals surface area contributed by atoms with Gasteiger partial charge in [-0.1, -0.05) is 18.5 Å². The number of carbonyl (C=O) groups is 1. The van der Waals surface area contributed by atoms with Gasteiger partial charge < -0.3 is 10.6 Å². The van der Waals surface area contributed by atoms with E-state index in [9.17, 15) is 13.2 Å². The second kappa shape index (κ2) is 7.11. The molecular weight excluding hydrogens is 314 g/mol. The first-order valence-corrected chi connectivity index (χ1v) is 8.27. The fourth-order valence-electron chi connectivity index (χ4n) is 1.72. The lowest BCUT2D eigenvalue weighted by Crippen LogP contribution is -2.40. The van der Waals surface area contributed by atoms with E-state index < -0.39 is 10.0 Å². The summed E-state index contributed by atoms with van der Waals surface area (Å²) in [5.74, 6) is -0.292. The molecule has 6 nitrogen and oxygen atoms in total. The Morgan fingerprint density at radius 1 is 1.33 bits per heavy atom. The number of nitrogens with zero attached hydrogens (tertiary/aromatic N) is 2. The summed E-state index contributed by atoms with van der Waals surface area (Å²) in [7, 11) is -0.679. The molecular formula is C13H20ClN3O3S. The zero-order valence-electron chi connectivity index (χ0n) is 12.3. The van der Waals surface area contributed by atoms with Crippen LogP contribution >= 0.6 is 11.6 Å². The number of carbonyl (C=O) groups excluding carboxylic acids is 1. The van der Waals surface area contributed by atoms with Gasteiger partial charge in [-0.15, -0.1) is 0 Å². The summed E-state index contributed by atoms with van der Waals surface area (Å²) in [6.45, 7) is 1.86. The lowest BCUT2D eigenvalue weighted by molar-refractivity contribution is -0.128. The number of rotatable bonds is 6. The zero-order chi connectivity index (χ0) is 16.2. The van der Waals surface area contributed by atoms with Crippen LogP contribution in [0.15, 0.2) is 23.1 Å². The Bertz CT molecular complexity index is 617. The number of nitrogen functional groups attached to an aromatic ring is 1. The molecule has 0 heterocycles. The standard InChI is InChI=1S/C13H20ClN3O3S/c1-4-7-17(9-13(18)16(2)3)21(19,20)12-6-5-10(14)8-11(12)15/h5-6,8H,4,7,9,15H2,1-3H3. The first-order chi connectivity index (χ1) is 9.70. The van der Waals surface area contributed by atoms with Gasteiger partial charge in [0.1, 0.15) is 4.90 Å². The van der Waals surface area contributed by atoms with Crippen LogP contribution in [0.1, 0.15) is 13.3 Å². The minimum atomic E-state index is -3.84. The SMILES string of the molecule is CCCN(CC(=O)N(C)C)S(=O)(=O)c1ccc(Cl)cc1N. The van der Waals surface area contributed by atoms with Crippen LogP contribution in [0.3, 0.4) is 0 Å². The third-order valence-electron chi connectivity index (χ3n) is 2.87. The molecule has 0 unspecified atom stereocenters. The normalized spacial score (nSPS) is 11.7. The average Bonchev–Trinajstić information content (AvgIpc) is 2.37. The largest absolute Gasteiger partial charge is 0.398 e. The number of benzene rings is 1. The van der Waals surface area contributed by atoms with Gasteiger partial charge in [0, 0.05) is 25.7 Å². The Kier molecular flexibility index (Phi) is 6.00. The van der Waals surface area contributed by atoms with Crippen LogP contribution in [0.25, 0.3) is 0 Å². The smallest absolute Gasteiger partial charge is 0.245 e. The highest BCUT2D eigenvalue weighted by Gasteiger charge is 2.28. The van der Waals surface area contributed by atoms with Crippen LogP contribution in [0.4, 0.5) is 5.69 Å². The van der Waals surface area contributed by atoms with E-state index in [-0.39, 0.29) is 29.6 Å². The fourth-order valence-corrected chi connectivity index (χ4v) is 3.48. The molecule has 0 aliphatic carbocycles. The predicted molar refractivity (Wildman–Crippen MR) is 83.6 cm³/mol. The molecule has 0 radical (unpaired) electrons. The number of sulfonamides is 1. The second-order valence-electron chi connectivity index (χ2n) is 4.81. The highest BCUT2D eigenvalue weighted by molar-refractivity contribution is 7.89. The van der Waals surface area contributed by atoms with Gasteiger partial charge in [-0.05, 0) is 24.6 Å². The summed E-state index contributed by atoms with van der Waals surface area (Å²) in [6.07, 6.45) is 0.591. The molecule has 2 N–H and O–H groups in total. The molecule has 8 heteroatoms. The van der Waals surface area contributed by atoms with Gasteiger partial charge in [0.05, 0.1) is 12.2 Å². The fraction of sp³-hybridized carbons (Fsp3) is 0.462. The second-order valence-corrected chi connectivity index (χ2v) is 7.15. The molecule has 0 atom stereocenters. The predicted octanol–water partition coefficient (Wildman–Crippen LogP) is 1.41. The lowest BCUT2D eigenvalue weighted by atomic mass is 10.3. The molecule has 0 fully saturated rings. The number of amides is 1. The molecule has 118 valence electrons. The van der Waals surface area contributed by atoms with E-state index in [2.05, 4.69) is 0 Å². The maximum absolute atomic E-state index is 12.6. The summed E-state index contributed by atoms with van der Waals surface area (Å²) in [6, 6.07) is 4.20. The number of nitrogens with two attached hydrogens (primary N) is 1. The minimum Gasteiger partial charge on any atom is -0.398 e. The van der Waals surface area contributed by atoms with Crippen molar-refractivity contribution in [2.75, 3.05) is 32.9 Å². The summed E-state index contributed by atoms with van der Waals surface area (Å²) in [5, 5.41) is 0.359. The van der Waals surface area contributed by atoms with Crippen LogP contribution < -0.4 is 5.73 Å². The molecule has 1 aromatic carbocycles. The molecule has 1 rings (SSSR count). The van der Waals surface area contributed by atoms with Crippen molar-refractivity contribution in [3.05, 3.63) is 23.2 Å². The van der Waals surface area contributed by atoms with Crippen molar-refractivity contribution in [3.8, 4) is 0 Å². The van der Waals surface area contributed by atoms with E-state index in [1.54, 1.807) is 14.1 Å². The van der Waals surface area contributed by atoms with E-state index >= 15 is 0 Å². The monoisotopic (exact) mass is 333 g/mol. The third kappa shape index (κ3) is 4.33. The van der Waals surface area contributed by atoms with Gasteiger partial charge in [0.15, 0.2) is 0 Å². The van der Waals surface area contributed by atoms with Crippen molar-refractivity contribution >= 4 is 33.2 Å². The number of likely N-dealkylation sites (N-methyl/N-ethyl adjacent to an activating group) is 1. The van der Waals surface area contributed by atoms with Crippen LogP contribution in [0.2, 0.25) is 5.02 Å². The molecule has 0 bridgehead atoms. The van der Waals surface area contributed by atoms with Crippen molar-refractivity contribution < 1.29 is 13.2 Å². The van der Waals surface area contributed by atoms with E-state index in [4.69, 9.17) is 17.3 Å². The Labute approximate surface area is 130 Å². The molecule has 1 amide bonds. The summed E-state index contributed by atoms with van der Waals surface area (Å²) in [4.78, 5) is 13.1.